The fourth-order valence-corrected chi connectivity index (χ4v) is 2.20. The highest BCUT2D eigenvalue weighted by Gasteiger charge is 1.97. The predicted molar refractivity (Wildman–Crippen MR) is 69.5 cm³/mol. The Morgan fingerprint density at radius 2 is 0.611 bits per heavy atom. The van der Waals surface area contributed by atoms with E-state index in [0.29, 0.717) is 13.2 Å². The second kappa shape index (κ2) is 13.3. The molecule has 4 heteroatoms. The van der Waals surface area contributed by atoms with Crippen LogP contribution in [0.1, 0.15) is 77.0 Å². The summed E-state index contributed by atoms with van der Waals surface area (Å²) in [5, 5.41) is 8.91. The summed E-state index contributed by atoms with van der Waals surface area (Å²) in [5.41, 5.74) is 0. The molecule has 1 rings (SSSR count). The molecule has 0 N–H and O–H groups in total. The van der Waals surface area contributed by atoms with Gasteiger partial charge in [-0.3, -0.25) is 0 Å². The van der Waals surface area contributed by atoms with Gasteiger partial charge in [0.25, 0.3) is 0 Å². The average Bonchev–Trinajstić information content (AvgIpc) is 2.39. The highest BCUT2D eigenvalue weighted by molar-refractivity contribution is 4.48. The molecule has 4 nitrogen and oxygen atoms in total. The molecule has 0 atom stereocenters. The van der Waals surface area contributed by atoms with Crippen molar-refractivity contribution in [3.8, 4) is 0 Å². The van der Waals surface area contributed by atoms with Gasteiger partial charge in [-0.25, -0.2) is 9.78 Å². The van der Waals surface area contributed by atoms with Crippen molar-refractivity contribution >= 4 is 0 Å². The molecule has 0 radical (unpaired) electrons. The molecule has 18 heavy (non-hydrogen) atoms. The second-order valence-corrected chi connectivity index (χ2v) is 5.02. The molecule has 0 amide bonds. The summed E-state index contributed by atoms with van der Waals surface area (Å²) in [4.78, 5) is 9.66. The average molecular weight is 260 g/mol. The van der Waals surface area contributed by atoms with Crippen LogP contribution in [0.25, 0.3) is 0 Å². The third-order valence-electron chi connectivity index (χ3n) is 3.33. The van der Waals surface area contributed by atoms with Gasteiger partial charge in [0, 0.05) is 0 Å². The van der Waals surface area contributed by atoms with Crippen molar-refractivity contribution in [3.05, 3.63) is 0 Å². The quantitative estimate of drug-likeness (QED) is 0.601. The molecule has 0 saturated carbocycles. The molecular formula is C14H28O4. The molecule has 0 bridgehead atoms. The maximum atomic E-state index is 4.83. The van der Waals surface area contributed by atoms with E-state index in [2.05, 4.69) is 10.1 Å². The summed E-state index contributed by atoms with van der Waals surface area (Å²) in [6.07, 6.45) is 15.3. The Kier molecular flexibility index (Phi) is 11.7. The van der Waals surface area contributed by atoms with E-state index in [1.165, 1.54) is 64.2 Å². The minimum atomic E-state index is 0.573. The van der Waals surface area contributed by atoms with Crippen LogP contribution >= 0.6 is 0 Å². The van der Waals surface area contributed by atoms with Crippen molar-refractivity contribution < 1.29 is 19.9 Å². The van der Waals surface area contributed by atoms with Gasteiger partial charge in [-0.15, -0.1) is 0 Å². The smallest absolute Gasteiger partial charge is 0.0854 e. The van der Waals surface area contributed by atoms with Crippen molar-refractivity contribution in [3.63, 3.8) is 0 Å². The van der Waals surface area contributed by atoms with Crippen LogP contribution in [0.4, 0.5) is 0 Å². The lowest BCUT2D eigenvalue weighted by molar-refractivity contribution is -0.634. The normalized spacial score (nSPS) is 24.0. The minimum Gasteiger partial charge on any atom is -0.204 e. The first-order valence-electron chi connectivity index (χ1n) is 7.58. The molecule has 0 aromatic carbocycles. The van der Waals surface area contributed by atoms with E-state index in [1.54, 1.807) is 0 Å². The first kappa shape index (κ1) is 15.9. The van der Waals surface area contributed by atoms with E-state index < -0.39 is 0 Å². The molecule has 1 heterocycles. The SMILES string of the molecule is C1CCCCCCCOOOOCCCCCC1. The van der Waals surface area contributed by atoms with Gasteiger partial charge in [-0.05, 0) is 22.9 Å². The van der Waals surface area contributed by atoms with Crippen molar-refractivity contribution in [1.82, 2.24) is 0 Å². The van der Waals surface area contributed by atoms with Gasteiger partial charge < -0.3 is 0 Å². The standard InChI is InChI=1S/C14H28O4/c1-2-4-6-8-10-12-14-16-18-17-15-13-11-9-7-5-3-1/h1-14H2. The maximum Gasteiger partial charge on any atom is 0.0854 e. The first-order chi connectivity index (χ1) is 9.00. The Morgan fingerprint density at radius 1 is 0.333 bits per heavy atom. The van der Waals surface area contributed by atoms with Gasteiger partial charge in [0.15, 0.2) is 0 Å². The molecule has 108 valence electrons. The fourth-order valence-electron chi connectivity index (χ4n) is 2.20. The molecule has 0 aliphatic carbocycles. The number of hydrogen-bond donors (Lipinski definition) is 0. The van der Waals surface area contributed by atoms with Crippen LogP contribution in [0.3, 0.4) is 0 Å². The highest BCUT2D eigenvalue weighted by atomic mass is 17.7. The van der Waals surface area contributed by atoms with Gasteiger partial charge in [0.1, 0.15) is 0 Å². The van der Waals surface area contributed by atoms with Gasteiger partial charge in [-0.1, -0.05) is 64.2 Å². The summed E-state index contributed by atoms with van der Waals surface area (Å²) in [6, 6.07) is 0. The molecule has 1 saturated heterocycles. The zero-order valence-electron chi connectivity index (χ0n) is 11.5. The van der Waals surface area contributed by atoms with Crippen LogP contribution in [0.2, 0.25) is 0 Å². The predicted octanol–water partition coefficient (Wildman–Crippen LogP) is 4.49. The molecule has 1 aliphatic heterocycles. The summed E-state index contributed by atoms with van der Waals surface area (Å²) in [7, 11) is 0. The van der Waals surface area contributed by atoms with Gasteiger partial charge in [0.05, 0.1) is 13.2 Å². The molecule has 1 fully saturated rings. The maximum absolute atomic E-state index is 4.83. The van der Waals surface area contributed by atoms with Crippen LogP contribution in [0.15, 0.2) is 0 Å². The zero-order chi connectivity index (χ0) is 12.7. The first-order valence-corrected chi connectivity index (χ1v) is 7.58. The monoisotopic (exact) mass is 260 g/mol. The van der Waals surface area contributed by atoms with Gasteiger partial charge in [-0.2, -0.15) is 0 Å². The van der Waals surface area contributed by atoms with Crippen LogP contribution in [-0.4, -0.2) is 13.2 Å². The van der Waals surface area contributed by atoms with Crippen molar-refractivity contribution in [2.75, 3.05) is 13.2 Å². The summed E-state index contributed by atoms with van der Waals surface area (Å²) in [6.45, 7) is 1.15. The Labute approximate surface area is 111 Å². The van der Waals surface area contributed by atoms with E-state index in [1.807, 2.05) is 0 Å². The molecule has 1 aliphatic rings. The summed E-state index contributed by atoms with van der Waals surface area (Å²) >= 11 is 0. The van der Waals surface area contributed by atoms with E-state index in [4.69, 9.17) is 9.78 Å². The van der Waals surface area contributed by atoms with Gasteiger partial charge >= 0.3 is 0 Å². The second-order valence-electron chi connectivity index (χ2n) is 5.02. The fraction of sp³-hybridized carbons (Fsp3) is 1.00. The molecule has 0 unspecified atom stereocenters. The van der Waals surface area contributed by atoms with Crippen LogP contribution < -0.4 is 0 Å². The molecule has 0 spiro atoms. The molecule has 0 aromatic heterocycles. The van der Waals surface area contributed by atoms with Crippen LogP contribution in [-0.2, 0) is 19.9 Å². The Morgan fingerprint density at radius 3 is 0.944 bits per heavy atom. The zero-order valence-corrected chi connectivity index (χ0v) is 11.5. The Hall–Kier alpha value is -0.160. The lowest BCUT2D eigenvalue weighted by Crippen LogP contribution is -2.01. The van der Waals surface area contributed by atoms with E-state index >= 15 is 0 Å². The van der Waals surface area contributed by atoms with Crippen molar-refractivity contribution in [2.45, 2.75) is 77.0 Å². The number of rotatable bonds is 0. The van der Waals surface area contributed by atoms with E-state index in [9.17, 15) is 0 Å². The van der Waals surface area contributed by atoms with Crippen molar-refractivity contribution in [1.29, 1.82) is 0 Å². The van der Waals surface area contributed by atoms with E-state index in [0.717, 1.165) is 12.8 Å². The van der Waals surface area contributed by atoms with Crippen molar-refractivity contribution in [2.24, 2.45) is 0 Å². The Bertz CT molecular complexity index is 88.8. The third kappa shape index (κ3) is 11.0. The molecular weight excluding hydrogens is 232 g/mol. The lowest BCUT2D eigenvalue weighted by Gasteiger charge is -2.05. The highest BCUT2D eigenvalue weighted by Crippen LogP contribution is 2.12. The molecule has 0 aromatic rings. The van der Waals surface area contributed by atoms with Crippen LogP contribution in [0.5, 0.6) is 0 Å². The Balaban J connectivity index is 2.00. The summed E-state index contributed by atoms with van der Waals surface area (Å²) in [5.74, 6) is 0. The van der Waals surface area contributed by atoms with E-state index in [-0.39, 0.29) is 0 Å². The number of hydrogen-bond acceptors (Lipinski definition) is 4. The topological polar surface area (TPSA) is 36.9 Å². The van der Waals surface area contributed by atoms with Gasteiger partial charge in [0.2, 0.25) is 0 Å². The summed E-state index contributed by atoms with van der Waals surface area (Å²) < 4.78 is 0. The van der Waals surface area contributed by atoms with Crippen LogP contribution in [0, 0.1) is 0 Å². The minimum absolute atomic E-state index is 0.573. The lowest BCUT2D eigenvalue weighted by atomic mass is 10.1. The largest absolute Gasteiger partial charge is 0.204 e. The third-order valence-corrected chi connectivity index (χ3v) is 3.33.